The number of hydrogen-bond donors (Lipinski definition) is 3. The zero-order valence-electron chi connectivity index (χ0n) is 30.3. The maximum atomic E-state index is 13.9. The fourth-order valence-electron chi connectivity index (χ4n) is 5.46. The molecule has 1 aromatic heterocycles. The molecule has 0 saturated carbocycles. The third-order valence-electron chi connectivity index (χ3n) is 8.43. The molecule has 3 N–H and O–H groups in total. The van der Waals surface area contributed by atoms with Gasteiger partial charge in [-0.2, -0.15) is 13.2 Å². The highest BCUT2D eigenvalue weighted by Gasteiger charge is 2.36. The summed E-state index contributed by atoms with van der Waals surface area (Å²) in [5.74, 6) is -1.26. The molecule has 2 aromatic carbocycles. The highest BCUT2D eigenvalue weighted by atomic mass is 19.4. The molecule has 290 valence electrons. The van der Waals surface area contributed by atoms with Crippen LogP contribution >= 0.6 is 0 Å². The molecule has 1 aliphatic heterocycles. The molecular formula is C38H51F3N6O6. The molecule has 4 amide bonds. The number of alkyl carbamates (subject to hydrolysis) is 1. The number of piperidine rings is 1. The molecular weight excluding hydrogens is 693 g/mol. The van der Waals surface area contributed by atoms with Crippen LogP contribution in [0.15, 0.2) is 67.1 Å². The number of anilines is 1. The number of rotatable bonds is 12. The molecule has 53 heavy (non-hydrogen) atoms. The molecule has 0 spiro atoms. The molecule has 1 fully saturated rings. The quantitative estimate of drug-likeness (QED) is 0.197. The number of benzene rings is 2. The Labute approximate surface area is 308 Å². The van der Waals surface area contributed by atoms with Crippen LogP contribution < -0.4 is 16.0 Å². The Morgan fingerprint density at radius 3 is 2.15 bits per heavy atom. The van der Waals surface area contributed by atoms with Gasteiger partial charge in [0.15, 0.2) is 5.82 Å². The third-order valence-corrected chi connectivity index (χ3v) is 8.43. The zero-order valence-corrected chi connectivity index (χ0v) is 30.3. The zero-order chi connectivity index (χ0) is 38.3. The highest BCUT2D eigenvalue weighted by molar-refractivity contribution is 5.98. The molecule has 3 aromatic rings. The van der Waals surface area contributed by atoms with Gasteiger partial charge in [0.1, 0.15) is 23.2 Å². The van der Waals surface area contributed by atoms with E-state index in [2.05, 4.69) is 27.9 Å². The standard InChI is InChI=1S/C37H47F3N6O6.CH4/c1-24-16-18-45(19-17-24)32(48)30(26-12-14-27(15-13-26)37(38,39)40)46-20-29(41-23-46)43-31(47)28(22-51-21-25-10-8-7-9-11-25)42-33(49)36(5,6)44-34(50)52-35(2,3)4;/h7-15,20,23-24,28,30H,16-19,21-22H2,1-6H3,(H,42,49)(H,43,47)(H,44,50);1H4. The van der Waals surface area contributed by atoms with E-state index in [4.69, 9.17) is 9.47 Å². The number of aromatic nitrogens is 2. The van der Waals surface area contributed by atoms with Crippen LogP contribution in [-0.4, -0.2) is 75.1 Å². The first-order chi connectivity index (χ1) is 24.3. The second-order valence-electron chi connectivity index (χ2n) is 14.5. The number of nitrogens with zero attached hydrogens (tertiary/aromatic N) is 3. The molecule has 0 bridgehead atoms. The van der Waals surface area contributed by atoms with Crippen molar-refractivity contribution in [3.8, 4) is 0 Å². The number of alkyl halides is 3. The van der Waals surface area contributed by atoms with Crippen molar-refractivity contribution in [1.29, 1.82) is 0 Å². The van der Waals surface area contributed by atoms with E-state index < -0.39 is 52.9 Å². The Kier molecular flexibility index (Phi) is 14.2. The number of nitrogens with one attached hydrogen (secondary N) is 3. The summed E-state index contributed by atoms with van der Waals surface area (Å²) in [6.45, 7) is 10.9. The summed E-state index contributed by atoms with van der Waals surface area (Å²) in [7, 11) is 0. The molecule has 2 atom stereocenters. The lowest BCUT2D eigenvalue weighted by Crippen LogP contribution is -2.59. The summed E-state index contributed by atoms with van der Waals surface area (Å²) in [4.78, 5) is 59.4. The van der Waals surface area contributed by atoms with Crippen LogP contribution in [0.4, 0.5) is 23.8 Å². The van der Waals surface area contributed by atoms with Crippen LogP contribution in [0.2, 0.25) is 0 Å². The number of hydrogen-bond acceptors (Lipinski definition) is 7. The average molecular weight is 745 g/mol. The molecule has 0 radical (unpaired) electrons. The van der Waals surface area contributed by atoms with Gasteiger partial charge in [-0.15, -0.1) is 0 Å². The summed E-state index contributed by atoms with van der Waals surface area (Å²) in [5.41, 5.74) is -2.01. The highest BCUT2D eigenvalue weighted by Crippen LogP contribution is 2.32. The molecule has 15 heteroatoms. The molecule has 2 heterocycles. The lowest BCUT2D eigenvalue weighted by molar-refractivity contribution is -0.137. The van der Waals surface area contributed by atoms with Crippen LogP contribution in [0, 0.1) is 5.92 Å². The monoisotopic (exact) mass is 744 g/mol. The summed E-state index contributed by atoms with van der Waals surface area (Å²) >= 11 is 0. The molecule has 2 unspecified atom stereocenters. The van der Waals surface area contributed by atoms with E-state index in [9.17, 15) is 32.3 Å². The Hall–Kier alpha value is -4.92. The number of carbonyl (C=O) groups is 4. The minimum atomic E-state index is -4.55. The first kappa shape index (κ1) is 42.5. The Morgan fingerprint density at radius 1 is 0.943 bits per heavy atom. The van der Waals surface area contributed by atoms with Crippen molar-refractivity contribution in [2.45, 2.75) is 97.8 Å². The lowest BCUT2D eigenvalue weighted by Gasteiger charge is -2.33. The lowest BCUT2D eigenvalue weighted by atomic mass is 9.97. The number of imidazole rings is 1. The number of likely N-dealkylation sites (tertiary alicyclic amines) is 1. The minimum absolute atomic E-state index is 0. The normalized spacial score (nSPS) is 15.1. The number of ether oxygens (including phenoxy) is 2. The van der Waals surface area contributed by atoms with Crippen LogP contribution in [0.1, 0.15) is 84.5 Å². The topological polar surface area (TPSA) is 144 Å². The number of halogens is 3. The second-order valence-corrected chi connectivity index (χ2v) is 14.5. The Balaban J connectivity index is 0.00000756. The van der Waals surface area contributed by atoms with Gasteiger partial charge >= 0.3 is 12.3 Å². The van der Waals surface area contributed by atoms with Crippen LogP contribution in [0.25, 0.3) is 0 Å². The van der Waals surface area contributed by atoms with Gasteiger partial charge in [0.05, 0.1) is 25.1 Å². The summed E-state index contributed by atoms with van der Waals surface area (Å²) in [6.07, 6.45) is -1.07. The third kappa shape index (κ3) is 12.3. The molecule has 1 aliphatic rings. The van der Waals surface area contributed by atoms with E-state index in [0.717, 1.165) is 30.5 Å². The predicted molar refractivity (Wildman–Crippen MR) is 194 cm³/mol. The first-order valence-electron chi connectivity index (χ1n) is 17.1. The average Bonchev–Trinajstić information content (AvgIpc) is 3.51. The fourth-order valence-corrected chi connectivity index (χ4v) is 5.46. The van der Waals surface area contributed by atoms with Crippen molar-refractivity contribution < 1.29 is 41.8 Å². The summed E-state index contributed by atoms with van der Waals surface area (Å²) < 4.78 is 52.6. The molecule has 12 nitrogen and oxygen atoms in total. The summed E-state index contributed by atoms with van der Waals surface area (Å²) in [6, 6.07) is 11.3. The van der Waals surface area contributed by atoms with Gasteiger partial charge in [-0.25, -0.2) is 9.78 Å². The van der Waals surface area contributed by atoms with Crippen LogP contribution in [0.5, 0.6) is 0 Å². The maximum absolute atomic E-state index is 13.9. The van der Waals surface area contributed by atoms with Gasteiger partial charge in [-0.1, -0.05) is 56.8 Å². The van der Waals surface area contributed by atoms with E-state index in [1.807, 2.05) is 30.3 Å². The van der Waals surface area contributed by atoms with Gasteiger partial charge in [0.2, 0.25) is 11.8 Å². The second kappa shape index (κ2) is 17.7. The van der Waals surface area contributed by atoms with Crippen molar-refractivity contribution in [1.82, 2.24) is 25.1 Å². The maximum Gasteiger partial charge on any atom is 0.416 e. The molecule has 4 rings (SSSR count). The van der Waals surface area contributed by atoms with E-state index in [1.165, 1.54) is 43.1 Å². The summed E-state index contributed by atoms with van der Waals surface area (Å²) in [5, 5.41) is 7.80. The molecule has 0 aliphatic carbocycles. The van der Waals surface area contributed by atoms with E-state index in [0.29, 0.717) is 24.6 Å². The van der Waals surface area contributed by atoms with Crippen molar-refractivity contribution in [2.24, 2.45) is 5.92 Å². The van der Waals surface area contributed by atoms with E-state index in [-0.39, 0.29) is 32.4 Å². The number of amides is 4. The smallest absolute Gasteiger partial charge is 0.416 e. The van der Waals surface area contributed by atoms with Crippen LogP contribution in [-0.2, 0) is 36.6 Å². The van der Waals surface area contributed by atoms with Gasteiger partial charge in [-0.05, 0) is 76.6 Å². The van der Waals surface area contributed by atoms with E-state index in [1.54, 1.807) is 25.7 Å². The van der Waals surface area contributed by atoms with Gasteiger partial charge in [0, 0.05) is 19.3 Å². The van der Waals surface area contributed by atoms with E-state index >= 15 is 0 Å². The van der Waals surface area contributed by atoms with Crippen LogP contribution in [0.3, 0.4) is 0 Å². The van der Waals surface area contributed by atoms with Crippen molar-refractivity contribution in [3.63, 3.8) is 0 Å². The Morgan fingerprint density at radius 2 is 1.57 bits per heavy atom. The minimum Gasteiger partial charge on any atom is -0.444 e. The van der Waals surface area contributed by atoms with Gasteiger partial charge in [0.25, 0.3) is 5.91 Å². The van der Waals surface area contributed by atoms with Gasteiger partial charge in [-0.3, -0.25) is 14.4 Å². The van der Waals surface area contributed by atoms with Crippen molar-refractivity contribution in [3.05, 3.63) is 83.8 Å². The van der Waals surface area contributed by atoms with Gasteiger partial charge < -0.3 is 34.9 Å². The largest absolute Gasteiger partial charge is 0.444 e. The van der Waals surface area contributed by atoms with Crippen molar-refractivity contribution >= 4 is 29.6 Å². The fraction of sp³-hybridized carbons (Fsp3) is 0.500. The van der Waals surface area contributed by atoms with Crippen molar-refractivity contribution in [2.75, 3.05) is 25.0 Å². The SMILES string of the molecule is C.CC1CCN(C(=O)C(c2ccc(C(F)(F)F)cc2)n2cnc(NC(=O)C(COCc3ccccc3)NC(=O)C(C)(C)NC(=O)OC(C)(C)C)c2)CC1. The molecule has 1 saturated heterocycles. The number of carbonyl (C=O) groups excluding carboxylic acids is 4. The predicted octanol–water partition coefficient (Wildman–Crippen LogP) is 6.33. The first-order valence-corrected chi connectivity index (χ1v) is 17.1. The Bertz CT molecular complexity index is 1680.